The Morgan fingerprint density at radius 3 is 2.89 bits per heavy atom. The molecule has 0 unspecified atom stereocenters. The number of amides is 2. The van der Waals surface area contributed by atoms with E-state index in [9.17, 15) is 9.59 Å². The average Bonchev–Trinajstić information content (AvgIpc) is 3.20. The number of nitrogens with zero attached hydrogens (tertiary/aromatic N) is 1. The quantitative estimate of drug-likeness (QED) is 0.674. The highest BCUT2D eigenvalue weighted by molar-refractivity contribution is 7.13. The average molecular weight is 381 g/mol. The molecule has 0 bridgehead atoms. The summed E-state index contributed by atoms with van der Waals surface area (Å²) in [6.45, 7) is 1.83. The molecule has 2 amide bonds. The summed E-state index contributed by atoms with van der Waals surface area (Å²) in [6.07, 6.45) is 1.96. The van der Waals surface area contributed by atoms with Crippen molar-refractivity contribution in [2.24, 2.45) is 5.92 Å². The molecule has 3 aromatic rings. The van der Waals surface area contributed by atoms with E-state index in [1.54, 1.807) is 0 Å². The van der Waals surface area contributed by atoms with Crippen LogP contribution in [0.25, 0.3) is 22.0 Å². The Kier molecular flexibility index (Phi) is 4.77. The maximum Gasteiger partial charge on any atom is 0.227 e. The first kappa shape index (κ1) is 17.5. The van der Waals surface area contributed by atoms with Gasteiger partial charge in [0.05, 0.1) is 6.54 Å². The van der Waals surface area contributed by atoms with Crippen LogP contribution in [0, 0.1) is 5.92 Å². The molecule has 1 aliphatic rings. The zero-order valence-electron chi connectivity index (χ0n) is 14.8. The lowest BCUT2D eigenvalue weighted by Crippen LogP contribution is -2.18. The van der Waals surface area contributed by atoms with Crippen LogP contribution < -0.4 is 10.6 Å². The number of aromatic nitrogens is 1. The highest BCUT2D eigenvalue weighted by Gasteiger charge is 2.29. The van der Waals surface area contributed by atoms with Gasteiger partial charge in [-0.05, 0) is 37.1 Å². The predicted molar refractivity (Wildman–Crippen MR) is 104 cm³/mol. The topological polar surface area (TPSA) is 84.2 Å². The molecule has 0 atom stereocenters. The highest BCUT2D eigenvalue weighted by atomic mass is 32.1. The van der Waals surface area contributed by atoms with Gasteiger partial charge in [-0.25, -0.2) is 4.98 Å². The van der Waals surface area contributed by atoms with Gasteiger partial charge in [0.2, 0.25) is 11.8 Å². The molecule has 2 N–H and O–H groups in total. The van der Waals surface area contributed by atoms with E-state index in [0.717, 1.165) is 34.8 Å². The van der Waals surface area contributed by atoms with Gasteiger partial charge in [0.25, 0.3) is 0 Å². The molecular formula is C20H19N3O3S. The van der Waals surface area contributed by atoms with Crippen LogP contribution in [-0.4, -0.2) is 16.8 Å². The van der Waals surface area contributed by atoms with E-state index in [-0.39, 0.29) is 17.7 Å². The fraction of sp³-hybridized carbons (Fsp3) is 0.250. The molecule has 1 saturated carbocycles. The van der Waals surface area contributed by atoms with Gasteiger partial charge in [-0.1, -0.05) is 12.1 Å². The Balaban J connectivity index is 1.49. The monoisotopic (exact) mass is 381 g/mol. The number of nitrogens with one attached hydrogen (secondary N) is 2. The third kappa shape index (κ3) is 4.25. The fourth-order valence-electron chi connectivity index (χ4n) is 2.66. The SMILES string of the molecule is CC(=O)NCc1ccc(-c2csc(-c3cccc(NC(=O)C4CC4)c3)n2)o1. The summed E-state index contributed by atoms with van der Waals surface area (Å²) >= 11 is 1.52. The normalized spacial score (nSPS) is 13.4. The molecule has 1 fully saturated rings. The summed E-state index contributed by atoms with van der Waals surface area (Å²) in [7, 11) is 0. The first-order valence-corrected chi connectivity index (χ1v) is 9.67. The minimum absolute atomic E-state index is 0.0919. The number of carbonyl (C=O) groups is 2. The molecule has 0 radical (unpaired) electrons. The summed E-state index contributed by atoms with van der Waals surface area (Å²) in [5.74, 6) is 1.51. The molecule has 0 spiro atoms. The maximum absolute atomic E-state index is 11.9. The minimum atomic E-state index is -0.0995. The Bertz CT molecular complexity index is 988. The van der Waals surface area contributed by atoms with E-state index in [0.29, 0.717) is 18.1 Å². The predicted octanol–water partition coefficient (Wildman–Crippen LogP) is 4.05. The molecule has 0 saturated heterocycles. The van der Waals surface area contributed by atoms with Crippen molar-refractivity contribution < 1.29 is 14.0 Å². The van der Waals surface area contributed by atoms with Crippen LogP contribution in [0.1, 0.15) is 25.5 Å². The van der Waals surface area contributed by atoms with E-state index in [1.807, 2.05) is 41.8 Å². The van der Waals surface area contributed by atoms with Gasteiger partial charge in [-0.3, -0.25) is 9.59 Å². The third-order valence-electron chi connectivity index (χ3n) is 4.26. The van der Waals surface area contributed by atoms with Crippen molar-refractivity contribution in [1.82, 2.24) is 10.3 Å². The van der Waals surface area contributed by atoms with Crippen molar-refractivity contribution in [3.8, 4) is 22.0 Å². The lowest BCUT2D eigenvalue weighted by atomic mass is 10.2. The molecule has 2 heterocycles. The number of carbonyl (C=O) groups excluding carboxylic acids is 2. The van der Waals surface area contributed by atoms with Gasteiger partial charge in [0.15, 0.2) is 5.76 Å². The summed E-state index contributed by atoms with van der Waals surface area (Å²) in [6, 6.07) is 11.4. The van der Waals surface area contributed by atoms with Gasteiger partial charge < -0.3 is 15.1 Å². The first-order valence-electron chi connectivity index (χ1n) is 8.79. The van der Waals surface area contributed by atoms with Crippen LogP contribution in [0.3, 0.4) is 0 Å². The van der Waals surface area contributed by atoms with Crippen LogP contribution in [-0.2, 0) is 16.1 Å². The number of anilines is 1. The van der Waals surface area contributed by atoms with Crippen LogP contribution >= 0.6 is 11.3 Å². The van der Waals surface area contributed by atoms with Gasteiger partial charge in [-0.2, -0.15) is 0 Å². The van der Waals surface area contributed by atoms with Gasteiger partial charge in [0.1, 0.15) is 16.5 Å². The number of thiazole rings is 1. The fourth-order valence-corrected chi connectivity index (χ4v) is 3.47. The molecule has 6 nitrogen and oxygen atoms in total. The molecule has 7 heteroatoms. The van der Waals surface area contributed by atoms with Crippen LogP contribution in [0.4, 0.5) is 5.69 Å². The molecule has 2 aromatic heterocycles. The number of benzene rings is 1. The second-order valence-corrected chi connectivity index (χ2v) is 7.42. The first-order chi connectivity index (χ1) is 13.1. The Labute approximate surface area is 160 Å². The molecule has 4 rings (SSSR count). The van der Waals surface area contributed by atoms with Crippen molar-refractivity contribution in [3.63, 3.8) is 0 Å². The molecule has 27 heavy (non-hydrogen) atoms. The molecular weight excluding hydrogens is 362 g/mol. The summed E-state index contributed by atoms with van der Waals surface area (Å²) in [5.41, 5.74) is 2.48. The third-order valence-corrected chi connectivity index (χ3v) is 5.15. The zero-order chi connectivity index (χ0) is 18.8. The largest absolute Gasteiger partial charge is 0.458 e. The summed E-state index contributed by atoms with van der Waals surface area (Å²) < 4.78 is 5.75. The lowest BCUT2D eigenvalue weighted by molar-refractivity contribution is -0.119. The lowest BCUT2D eigenvalue weighted by Gasteiger charge is -2.05. The minimum Gasteiger partial charge on any atom is -0.458 e. The van der Waals surface area contributed by atoms with Crippen LogP contribution in [0.15, 0.2) is 46.2 Å². The zero-order valence-corrected chi connectivity index (χ0v) is 15.6. The van der Waals surface area contributed by atoms with Gasteiger partial charge >= 0.3 is 0 Å². The Hall–Kier alpha value is -2.93. The number of hydrogen-bond acceptors (Lipinski definition) is 5. The number of furan rings is 1. The molecule has 138 valence electrons. The highest BCUT2D eigenvalue weighted by Crippen LogP contribution is 2.33. The number of hydrogen-bond donors (Lipinski definition) is 2. The van der Waals surface area contributed by atoms with E-state index in [1.165, 1.54) is 18.3 Å². The molecule has 0 aliphatic heterocycles. The van der Waals surface area contributed by atoms with Crippen LogP contribution in [0.5, 0.6) is 0 Å². The Morgan fingerprint density at radius 1 is 1.26 bits per heavy atom. The smallest absolute Gasteiger partial charge is 0.227 e. The van der Waals surface area contributed by atoms with E-state index < -0.39 is 0 Å². The van der Waals surface area contributed by atoms with Gasteiger partial charge in [0, 0.05) is 29.5 Å². The second-order valence-electron chi connectivity index (χ2n) is 6.56. The Morgan fingerprint density at radius 2 is 2.11 bits per heavy atom. The standard InChI is InChI=1S/C20H19N3O3S/c1-12(24)21-10-16-7-8-18(26-16)17-11-27-20(23-17)14-3-2-4-15(9-14)22-19(25)13-5-6-13/h2-4,7-9,11,13H,5-6,10H2,1H3,(H,21,24)(H,22,25). The van der Waals surface area contributed by atoms with Crippen molar-refractivity contribution in [2.75, 3.05) is 5.32 Å². The van der Waals surface area contributed by atoms with E-state index in [4.69, 9.17) is 4.42 Å². The summed E-state index contributed by atoms with van der Waals surface area (Å²) in [5, 5.41) is 8.46. The number of rotatable bonds is 6. The molecule has 1 aliphatic carbocycles. The summed E-state index contributed by atoms with van der Waals surface area (Å²) in [4.78, 5) is 27.6. The van der Waals surface area contributed by atoms with Crippen molar-refractivity contribution in [1.29, 1.82) is 0 Å². The van der Waals surface area contributed by atoms with E-state index >= 15 is 0 Å². The van der Waals surface area contributed by atoms with Crippen LogP contribution in [0.2, 0.25) is 0 Å². The van der Waals surface area contributed by atoms with Crippen molar-refractivity contribution >= 4 is 28.8 Å². The van der Waals surface area contributed by atoms with Crippen molar-refractivity contribution in [3.05, 3.63) is 47.5 Å². The van der Waals surface area contributed by atoms with Crippen molar-refractivity contribution in [2.45, 2.75) is 26.3 Å². The second kappa shape index (κ2) is 7.36. The maximum atomic E-state index is 11.9. The molecule has 1 aromatic carbocycles. The van der Waals surface area contributed by atoms with Gasteiger partial charge in [-0.15, -0.1) is 11.3 Å². The van der Waals surface area contributed by atoms with E-state index in [2.05, 4.69) is 15.6 Å².